The highest BCUT2D eigenvalue weighted by Gasteiger charge is 2.39. The predicted octanol–water partition coefficient (Wildman–Crippen LogP) is 4.94. The van der Waals surface area contributed by atoms with Crippen molar-refractivity contribution in [1.82, 2.24) is 19.3 Å². The number of nitrogens with one attached hydrogen (secondary N) is 1. The summed E-state index contributed by atoms with van der Waals surface area (Å²) in [6, 6.07) is 21.6. The van der Waals surface area contributed by atoms with E-state index in [4.69, 9.17) is 28.6 Å². The first-order valence-electron chi connectivity index (χ1n) is 11.1. The number of aromatic amines is 1. The number of fused-ring (bicyclic) bond motifs is 1. The number of pyridine rings is 1. The molecule has 0 amide bonds. The molecule has 5 rings (SSSR count). The summed E-state index contributed by atoms with van der Waals surface area (Å²) in [5, 5.41) is 20.8. The van der Waals surface area contributed by atoms with Gasteiger partial charge in [-0.25, -0.2) is 0 Å². The van der Waals surface area contributed by atoms with Crippen LogP contribution in [0.2, 0.25) is 5.02 Å². The van der Waals surface area contributed by atoms with Crippen LogP contribution in [0.15, 0.2) is 77.6 Å². The first kappa shape index (κ1) is 24.0. The standard InChI is InChI=1S/C27H23ClN4O3S/c1-31-23-12-9-18(14-22(23)21(15-24(31)33)16-5-4-6-20(13-16)35-3)27(34,17-7-10-19(28)11-8-17)25-29-30-26(36)32(25)2/h4-15,34H,1-3H3,(H,30,36). The van der Waals surface area contributed by atoms with E-state index in [0.29, 0.717) is 32.5 Å². The van der Waals surface area contributed by atoms with Crippen LogP contribution >= 0.6 is 23.8 Å². The number of aromatic nitrogens is 4. The van der Waals surface area contributed by atoms with Crippen molar-refractivity contribution in [3.05, 3.63) is 110 Å². The fourth-order valence-corrected chi connectivity index (χ4v) is 4.76. The summed E-state index contributed by atoms with van der Waals surface area (Å²) in [6.45, 7) is 0. The van der Waals surface area contributed by atoms with E-state index in [0.717, 1.165) is 22.0 Å². The minimum absolute atomic E-state index is 0.143. The molecule has 182 valence electrons. The van der Waals surface area contributed by atoms with Crippen LogP contribution < -0.4 is 10.3 Å². The average Bonchev–Trinajstić information content (AvgIpc) is 3.24. The number of halogens is 1. The van der Waals surface area contributed by atoms with Crippen molar-refractivity contribution >= 4 is 34.7 Å². The lowest BCUT2D eigenvalue weighted by Crippen LogP contribution is -2.32. The molecular formula is C27H23ClN4O3S. The highest BCUT2D eigenvalue weighted by Crippen LogP contribution is 2.39. The number of hydrogen-bond acceptors (Lipinski definition) is 5. The van der Waals surface area contributed by atoms with E-state index in [-0.39, 0.29) is 5.56 Å². The van der Waals surface area contributed by atoms with E-state index < -0.39 is 5.60 Å². The fraction of sp³-hybridized carbons (Fsp3) is 0.148. The van der Waals surface area contributed by atoms with Gasteiger partial charge in [-0.3, -0.25) is 9.89 Å². The first-order chi connectivity index (χ1) is 17.2. The molecule has 7 nitrogen and oxygen atoms in total. The van der Waals surface area contributed by atoms with E-state index in [1.165, 1.54) is 0 Å². The Bertz CT molecular complexity index is 1720. The number of rotatable bonds is 5. The lowest BCUT2D eigenvalue weighted by atomic mass is 9.84. The molecule has 2 heterocycles. The highest BCUT2D eigenvalue weighted by molar-refractivity contribution is 7.71. The molecule has 1 atom stereocenters. The van der Waals surface area contributed by atoms with Gasteiger partial charge in [0, 0.05) is 30.6 Å². The Hall–Kier alpha value is -3.72. The van der Waals surface area contributed by atoms with Crippen LogP contribution in [0.25, 0.3) is 22.0 Å². The number of benzene rings is 3. The van der Waals surface area contributed by atoms with Gasteiger partial charge >= 0.3 is 0 Å². The zero-order chi connectivity index (χ0) is 25.6. The molecule has 3 aromatic carbocycles. The van der Waals surface area contributed by atoms with Crippen molar-refractivity contribution in [2.24, 2.45) is 14.1 Å². The van der Waals surface area contributed by atoms with Gasteiger partial charge in [0.05, 0.1) is 12.6 Å². The summed E-state index contributed by atoms with van der Waals surface area (Å²) < 4.78 is 9.00. The topological polar surface area (TPSA) is 85.1 Å². The van der Waals surface area contributed by atoms with Crippen LogP contribution in [0.4, 0.5) is 0 Å². The Morgan fingerprint density at radius 3 is 2.39 bits per heavy atom. The molecule has 0 saturated carbocycles. The summed E-state index contributed by atoms with van der Waals surface area (Å²) in [5.41, 5.74) is 1.58. The van der Waals surface area contributed by atoms with Gasteiger partial charge in [-0.1, -0.05) is 41.9 Å². The third kappa shape index (κ3) is 3.83. The lowest BCUT2D eigenvalue weighted by molar-refractivity contribution is 0.112. The normalized spacial score (nSPS) is 13.0. The molecule has 2 aromatic heterocycles. The Morgan fingerprint density at radius 1 is 1.00 bits per heavy atom. The summed E-state index contributed by atoms with van der Waals surface area (Å²) in [4.78, 5) is 12.8. The molecule has 0 aliphatic carbocycles. The maximum atomic E-state index is 12.8. The van der Waals surface area contributed by atoms with Crippen LogP contribution in [0, 0.1) is 4.77 Å². The first-order valence-corrected chi connectivity index (χ1v) is 11.9. The van der Waals surface area contributed by atoms with Crippen molar-refractivity contribution in [3.63, 3.8) is 0 Å². The van der Waals surface area contributed by atoms with Gasteiger partial charge in [0.25, 0.3) is 5.56 Å². The Kier molecular flexibility index (Phi) is 6.04. The predicted molar refractivity (Wildman–Crippen MR) is 143 cm³/mol. The van der Waals surface area contributed by atoms with E-state index in [1.54, 1.807) is 66.7 Å². The van der Waals surface area contributed by atoms with Crippen molar-refractivity contribution in [1.29, 1.82) is 0 Å². The molecule has 1 unspecified atom stereocenters. The lowest BCUT2D eigenvalue weighted by Gasteiger charge is -2.29. The second kappa shape index (κ2) is 9.05. The maximum absolute atomic E-state index is 12.8. The minimum Gasteiger partial charge on any atom is -0.497 e. The van der Waals surface area contributed by atoms with E-state index in [2.05, 4.69) is 10.2 Å². The van der Waals surface area contributed by atoms with Gasteiger partial charge < -0.3 is 19.0 Å². The molecule has 0 spiro atoms. The zero-order valence-corrected chi connectivity index (χ0v) is 21.4. The summed E-state index contributed by atoms with van der Waals surface area (Å²) in [5.74, 6) is 0.999. The van der Waals surface area contributed by atoms with Crippen LogP contribution in [-0.4, -0.2) is 31.5 Å². The third-order valence-electron chi connectivity index (χ3n) is 6.51. The minimum atomic E-state index is -1.67. The molecule has 0 aliphatic heterocycles. The van der Waals surface area contributed by atoms with Crippen LogP contribution in [-0.2, 0) is 19.7 Å². The Labute approximate surface area is 217 Å². The van der Waals surface area contributed by atoms with Crippen molar-refractivity contribution < 1.29 is 9.84 Å². The van der Waals surface area contributed by atoms with Crippen LogP contribution in [0.3, 0.4) is 0 Å². The van der Waals surface area contributed by atoms with Crippen molar-refractivity contribution in [3.8, 4) is 16.9 Å². The second-order valence-electron chi connectivity index (χ2n) is 8.55. The number of aryl methyl sites for hydroxylation is 1. The number of aliphatic hydroxyl groups is 1. The van der Waals surface area contributed by atoms with Gasteiger partial charge in [0.15, 0.2) is 16.2 Å². The van der Waals surface area contributed by atoms with Gasteiger partial charge in [-0.2, -0.15) is 5.10 Å². The molecule has 5 aromatic rings. The van der Waals surface area contributed by atoms with E-state index >= 15 is 0 Å². The van der Waals surface area contributed by atoms with Crippen LogP contribution in [0.5, 0.6) is 5.75 Å². The molecule has 0 aliphatic rings. The monoisotopic (exact) mass is 518 g/mol. The average molecular weight is 519 g/mol. The molecule has 0 bridgehead atoms. The maximum Gasteiger partial charge on any atom is 0.251 e. The fourth-order valence-electron chi connectivity index (χ4n) is 4.50. The van der Waals surface area contributed by atoms with Gasteiger partial charge in [0.1, 0.15) is 5.75 Å². The Morgan fingerprint density at radius 2 is 1.72 bits per heavy atom. The number of ether oxygens (including phenoxy) is 1. The molecule has 0 radical (unpaired) electrons. The highest BCUT2D eigenvalue weighted by atomic mass is 35.5. The largest absolute Gasteiger partial charge is 0.497 e. The molecule has 2 N–H and O–H groups in total. The smallest absolute Gasteiger partial charge is 0.251 e. The molecule has 9 heteroatoms. The summed E-state index contributed by atoms with van der Waals surface area (Å²) in [7, 11) is 5.07. The molecule has 0 saturated heterocycles. The van der Waals surface area contributed by atoms with E-state index in [9.17, 15) is 9.90 Å². The molecule has 0 fully saturated rings. The summed E-state index contributed by atoms with van der Waals surface area (Å²) in [6.07, 6.45) is 0. The van der Waals surface area contributed by atoms with Gasteiger partial charge in [-0.15, -0.1) is 0 Å². The van der Waals surface area contributed by atoms with Gasteiger partial charge in [0.2, 0.25) is 0 Å². The SMILES string of the molecule is COc1cccc(-c2cc(=O)n(C)c3ccc(C(O)(c4ccc(Cl)cc4)c4n[nH]c(=S)n4C)cc23)c1. The van der Waals surface area contributed by atoms with Crippen molar-refractivity contribution in [2.45, 2.75) is 5.60 Å². The van der Waals surface area contributed by atoms with Crippen LogP contribution in [0.1, 0.15) is 17.0 Å². The second-order valence-corrected chi connectivity index (χ2v) is 9.37. The quantitative estimate of drug-likeness (QED) is 0.322. The molecule has 36 heavy (non-hydrogen) atoms. The Balaban J connectivity index is 1.84. The number of hydrogen-bond donors (Lipinski definition) is 2. The van der Waals surface area contributed by atoms with Gasteiger partial charge in [-0.05, 0) is 70.9 Å². The summed E-state index contributed by atoms with van der Waals surface area (Å²) >= 11 is 11.5. The number of methoxy groups -OCH3 is 1. The van der Waals surface area contributed by atoms with E-state index in [1.807, 2.05) is 36.4 Å². The third-order valence-corrected chi connectivity index (χ3v) is 7.13. The molecular weight excluding hydrogens is 496 g/mol. The van der Waals surface area contributed by atoms with Crippen molar-refractivity contribution in [2.75, 3.05) is 7.11 Å². The zero-order valence-electron chi connectivity index (χ0n) is 19.8. The number of H-pyrrole nitrogens is 1. The number of nitrogens with zero attached hydrogens (tertiary/aromatic N) is 3.